The van der Waals surface area contributed by atoms with Gasteiger partial charge in [-0.3, -0.25) is 4.79 Å². The fraction of sp³-hybridized carbons (Fsp3) is 0.548. The number of carbonyl (C=O) groups excluding carboxylic acids is 1. The maximum atomic E-state index is 12.9. The molecule has 7 heteroatoms. The highest BCUT2D eigenvalue weighted by Gasteiger charge is 2.33. The first kappa shape index (κ1) is 28.0. The van der Waals surface area contributed by atoms with Crippen LogP contribution in [0, 0.1) is 11.8 Å². The van der Waals surface area contributed by atoms with E-state index < -0.39 is 0 Å². The quantitative estimate of drug-likeness (QED) is 0.279. The lowest BCUT2D eigenvalue weighted by molar-refractivity contribution is -0.137. The lowest BCUT2D eigenvalue weighted by atomic mass is 9.85. The van der Waals surface area contributed by atoms with Crippen LogP contribution in [-0.4, -0.2) is 65.7 Å². The number of guanidine groups is 1. The van der Waals surface area contributed by atoms with E-state index in [4.69, 9.17) is 10.5 Å². The minimum Gasteiger partial charge on any atom is -0.493 e. The molecular formula is C31H44N4O3. The third-order valence-electron chi connectivity index (χ3n) is 8.31. The first-order chi connectivity index (χ1) is 18.5. The summed E-state index contributed by atoms with van der Waals surface area (Å²) >= 11 is 0. The summed E-state index contributed by atoms with van der Waals surface area (Å²) in [7, 11) is 0. The van der Waals surface area contributed by atoms with Crippen LogP contribution >= 0.6 is 0 Å². The molecule has 0 spiro atoms. The predicted molar refractivity (Wildman–Crippen MR) is 154 cm³/mol. The molecular weight excluding hydrogens is 476 g/mol. The second kappa shape index (κ2) is 13.7. The number of benzene rings is 1. The van der Waals surface area contributed by atoms with Gasteiger partial charge < -0.3 is 25.4 Å². The molecule has 1 aromatic carbocycles. The van der Waals surface area contributed by atoms with Gasteiger partial charge in [-0.1, -0.05) is 37.8 Å². The van der Waals surface area contributed by atoms with E-state index in [-0.39, 0.29) is 24.5 Å². The van der Waals surface area contributed by atoms with Crippen molar-refractivity contribution in [1.29, 1.82) is 0 Å². The van der Waals surface area contributed by atoms with Crippen LogP contribution in [0.5, 0.6) is 5.75 Å². The Morgan fingerprint density at radius 1 is 1.18 bits per heavy atom. The summed E-state index contributed by atoms with van der Waals surface area (Å²) in [5.74, 6) is 2.24. The van der Waals surface area contributed by atoms with Crippen LogP contribution < -0.4 is 10.5 Å². The molecule has 1 aromatic rings. The Morgan fingerprint density at radius 3 is 2.58 bits per heavy atom. The minimum atomic E-state index is 0.0128. The third-order valence-corrected chi connectivity index (χ3v) is 8.31. The van der Waals surface area contributed by atoms with Gasteiger partial charge in [-0.25, -0.2) is 4.99 Å². The Hall–Kier alpha value is -3.06. The molecule has 3 N–H and O–H groups in total. The molecule has 3 aliphatic rings. The van der Waals surface area contributed by atoms with E-state index >= 15 is 0 Å². The molecule has 2 atom stereocenters. The monoisotopic (exact) mass is 520 g/mol. The van der Waals surface area contributed by atoms with E-state index in [1.54, 1.807) is 0 Å². The summed E-state index contributed by atoms with van der Waals surface area (Å²) < 4.78 is 6.13. The van der Waals surface area contributed by atoms with E-state index in [1.165, 1.54) is 11.1 Å². The number of ether oxygens (including phenoxy) is 1. The molecule has 38 heavy (non-hydrogen) atoms. The average Bonchev–Trinajstić information content (AvgIpc) is 3.46. The maximum absolute atomic E-state index is 12.9. The molecule has 0 radical (unpaired) electrons. The highest BCUT2D eigenvalue weighted by molar-refractivity contribution is 5.81. The van der Waals surface area contributed by atoms with Crippen molar-refractivity contribution in [2.24, 2.45) is 22.6 Å². The van der Waals surface area contributed by atoms with Crippen molar-refractivity contribution in [3.63, 3.8) is 0 Å². The number of hydrogen-bond donors (Lipinski definition) is 2. The zero-order valence-corrected chi connectivity index (χ0v) is 22.9. The standard InChI is InChI=1S/C31H44N4O3/c1-3-23(4-2)20-33-31(32)34-18-15-24(16-19-34)22-38-29-13-11-26(12-14-29)25-7-9-27(10-8-25)30(37)35-17-5-6-28(35)21-36/h3,7,11-14,20,24,27-28,36H,1,4-6,8-10,15-19,21-22H2,2H3,(H2,32,33)/b23-20+/t27?,28-/m0/s1. The number of rotatable bonds is 9. The van der Waals surface area contributed by atoms with Gasteiger partial charge in [0.15, 0.2) is 5.96 Å². The SMILES string of the molecule is C=C/C(=C\N=C(N)N1CCC(COc2ccc(C3=CCC(C(=O)N4CCC[C@H]4CO)CC3)cc2)CC1)CC. The Kier molecular flexibility index (Phi) is 10.0. The molecule has 2 fully saturated rings. The van der Waals surface area contributed by atoms with Crippen LogP contribution in [0.15, 0.2) is 59.8 Å². The number of likely N-dealkylation sites (tertiary alicyclic amines) is 2. The van der Waals surface area contributed by atoms with Crippen molar-refractivity contribution >= 4 is 17.4 Å². The molecule has 2 saturated heterocycles. The van der Waals surface area contributed by atoms with Crippen molar-refractivity contribution in [3.8, 4) is 5.75 Å². The van der Waals surface area contributed by atoms with E-state index in [2.05, 4.69) is 53.7 Å². The number of piperidine rings is 1. The van der Waals surface area contributed by atoms with Crippen LogP contribution in [0.25, 0.3) is 5.57 Å². The van der Waals surface area contributed by atoms with E-state index in [9.17, 15) is 9.90 Å². The molecule has 2 aliphatic heterocycles. The number of hydrogen-bond acceptors (Lipinski definition) is 4. The number of amides is 1. The van der Waals surface area contributed by atoms with Gasteiger partial charge in [0.1, 0.15) is 5.75 Å². The number of nitrogens with zero attached hydrogens (tertiary/aromatic N) is 3. The first-order valence-corrected chi connectivity index (χ1v) is 14.3. The third kappa shape index (κ3) is 7.07. The molecule has 4 rings (SSSR count). The molecule has 2 heterocycles. The van der Waals surface area contributed by atoms with Crippen LogP contribution in [0.4, 0.5) is 0 Å². The molecule has 7 nitrogen and oxygen atoms in total. The normalized spacial score (nSPS) is 23.4. The zero-order chi connectivity index (χ0) is 26.9. The van der Waals surface area contributed by atoms with Crippen molar-refractivity contribution in [3.05, 3.63) is 60.3 Å². The fourth-order valence-electron chi connectivity index (χ4n) is 5.70. The Balaban J connectivity index is 1.21. The lowest BCUT2D eigenvalue weighted by Gasteiger charge is -2.32. The molecule has 1 aliphatic carbocycles. The highest BCUT2D eigenvalue weighted by Crippen LogP contribution is 2.33. The maximum Gasteiger partial charge on any atom is 0.226 e. The van der Waals surface area contributed by atoms with Gasteiger partial charge in [0.05, 0.1) is 19.3 Å². The number of aliphatic hydroxyl groups is 1. The van der Waals surface area contributed by atoms with Crippen LogP contribution in [0.2, 0.25) is 0 Å². The number of allylic oxidation sites excluding steroid dienone is 4. The summed E-state index contributed by atoms with van der Waals surface area (Å²) in [6.07, 6.45) is 13.3. The van der Waals surface area contributed by atoms with Gasteiger partial charge in [0, 0.05) is 31.8 Å². The average molecular weight is 521 g/mol. The lowest BCUT2D eigenvalue weighted by Crippen LogP contribution is -2.43. The summed E-state index contributed by atoms with van der Waals surface area (Å²) in [5, 5.41) is 9.56. The molecule has 206 valence electrons. The summed E-state index contributed by atoms with van der Waals surface area (Å²) in [5.41, 5.74) is 9.78. The van der Waals surface area contributed by atoms with Crippen LogP contribution in [0.1, 0.15) is 63.9 Å². The summed E-state index contributed by atoms with van der Waals surface area (Å²) in [4.78, 5) is 21.4. The topological polar surface area (TPSA) is 91.4 Å². The molecule has 0 saturated carbocycles. The van der Waals surface area contributed by atoms with Gasteiger partial charge in [-0.05, 0) is 86.1 Å². The smallest absolute Gasteiger partial charge is 0.226 e. The molecule has 1 amide bonds. The van der Waals surface area contributed by atoms with Gasteiger partial charge in [-0.15, -0.1) is 0 Å². The number of aliphatic hydroxyl groups excluding tert-OH is 1. The van der Waals surface area contributed by atoms with Crippen molar-refractivity contribution < 1.29 is 14.6 Å². The first-order valence-electron chi connectivity index (χ1n) is 14.3. The van der Waals surface area contributed by atoms with Gasteiger partial charge in [0.2, 0.25) is 5.91 Å². The molecule has 0 aromatic heterocycles. The highest BCUT2D eigenvalue weighted by atomic mass is 16.5. The van der Waals surface area contributed by atoms with Crippen molar-refractivity contribution in [2.75, 3.05) is 32.8 Å². The van der Waals surface area contributed by atoms with E-state index in [0.29, 0.717) is 18.5 Å². The van der Waals surface area contributed by atoms with E-state index in [1.807, 2.05) is 17.2 Å². The van der Waals surface area contributed by atoms with Gasteiger partial charge in [0.25, 0.3) is 0 Å². The fourth-order valence-corrected chi connectivity index (χ4v) is 5.70. The number of carbonyl (C=O) groups is 1. The Morgan fingerprint density at radius 2 is 1.95 bits per heavy atom. The van der Waals surface area contributed by atoms with Gasteiger partial charge >= 0.3 is 0 Å². The van der Waals surface area contributed by atoms with Crippen LogP contribution in [0.3, 0.4) is 0 Å². The number of nitrogens with two attached hydrogens (primary N) is 1. The van der Waals surface area contributed by atoms with Crippen LogP contribution in [-0.2, 0) is 4.79 Å². The van der Waals surface area contributed by atoms with Gasteiger partial charge in [-0.2, -0.15) is 0 Å². The largest absolute Gasteiger partial charge is 0.493 e. The predicted octanol–water partition coefficient (Wildman–Crippen LogP) is 4.74. The second-order valence-electron chi connectivity index (χ2n) is 10.7. The van der Waals surface area contributed by atoms with Crippen molar-refractivity contribution in [2.45, 2.75) is 64.3 Å². The minimum absolute atomic E-state index is 0.0128. The van der Waals surface area contributed by atoms with Crippen molar-refractivity contribution in [1.82, 2.24) is 9.80 Å². The van der Waals surface area contributed by atoms with E-state index in [0.717, 1.165) is 82.3 Å². The molecule has 1 unspecified atom stereocenters. The number of aliphatic imine (C=N–C) groups is 1. The summed E-state index contributed by atoms with van der Waals surface area (Å²) in [6, 6.07) is 8.39. The Bertz CT molecular complexity index is 1040. The zero-order valence-electron chi connectivity index (χ0n) is 22.9. The second-order valence-corrected chi connectivity index (χ2v) is 10.7. The Labute approximate surface area is 227 Å². The molecule has 0 bridgehead atoms. The summed E-state index contributed by atoms with van der Waals surface area (Å²) in [6.45, 7) is 9.23.